The molecule has 0 fully saturated rings. The molecule has 2 heterocycles. The first-order valence-corrected chi connectivity index (χ1v) is 16.7. The summed E-state index contributed by atoms with van der Waals surface area (Å²) in [5.74, 6) is 0. The monoisotopic (exact) mass is 617 g/mol. The van der Waals surface area contributed by atoms with E-state index in [1.54, 1.807) is 0 Å². The van der Waals surface area contributed by atoms with Gasteiger partial charge >= 0.3 is 0 Å². The highest BCUT2D eigenvalue weighted by Gasteiger charge is 2.21. The van der Waals surface area contributed by atoms with Crippen LogP contribution in [0.25, 0.3) is 74.8 Å². The Labute approximate surface area is 275 Å². The van der Waals surface area contributed by atoms with E-state index in [0.717, 1.165) is 39.0 Å². The van der Waals surface area contributed by atoms with Gasteiger partial charge in [0.25, 0.3) is 0 Å². The van der Waals surface area contributed by atoms with E-state index >= 15 is 0 Å². The van der Waals surface area contributed by atoms with E-state index in [4.69, 9.17) is 4.42 Å². The number of thiophene rings is 1. The maximum Gasteiger partial charge on any atom is 0.159 e. The average molecular weight is 618 g/mol. The van der Waals surface area contributed by atoms with Crippen LogP contribution in [0.3, 0.4) is 0 Å². The van der Waals surface area contributed by atoms with Crippen LogP contribution >= 0.6 is 11.3 Å². The summed E-state index contributed by atoms with van der Waals surface area (Å²) in [7, 11) is 0. The normalized spacial score (nSPS) is 11.8. The second-order valence-corrected chi connectivity index (χ2v) is 13.2. The lowest BCUT2D eigenvalue weighted by molar-refractivity contribution is 0.669. The van der Waals surface area contributed by atoms with Crippen molar-refractivity contribution in [3.8, 4) is 11.1 Å². The molecule has 47 heavy (non-hydrogen) atoms. The Morgan fingerprint density at radius 1 is 0.426 bits per heavy atom. The van der Waals surface area contributed by atoms with Gasteiger partial charge < -0.3 is 9.32 Å². The topological polar surface area (TPSA) is 16.4 Å². The molecular formula is C44H27NOS. The number of fused-ring (bicyclic) bond motifs is 8. The first-order valence-electron chi connectivity index (χ1n) is 15.9. The molecule has 0 atom stereocenters. The van der Waals surface area contributed by atoms with Crippen molar-refractivity contribution in [1.29, 1.82) is 0 Å². The number of nitrogens with zero attached hydrogens (tertiary/aromatic N) is 1. The zero-order valence-electron chi connectivity index (χ0n) is 25.4. The van der Waals surface area contributed by atoms with Gasteiger partial charge in [0.2, 0.25) is 0 Å². The van der Waals surface area contributed by atoms with Crippen molar-refractivity contribution in [1.82, 2.24) is 0 Å². The molecule has 3 heteroatoms. The highest BCUT2D eigenvalue weighted by molar-refractivity contribution is 7.25. The number of hydrogen-bond donors (Lipinski definition) is 0. The lowest BCUT2D eigenvalue weighted by Gasteiger charge is -2.27. The van der Waals surface area contributed by atoms with Gasteiger partial charge in [-0.3, -0.25) is 0 Å². The van der Waals surface area contributed by atoms with E-state index in [9.17, 15) is 0 Å². The number of rotatable bonds is 4. The van der Waals surface area contributed by atoms with Crippen LogP contribution in [-0.2, 0) is 0 Å². The SMILES string of the molecule is c1ccc2c(-c3ccc(N(c4cccc5cc6sc7ccccc7c6cc45)c4cccc5c4oc4ccccc45)cc3)cccc2c1. The van der Waals surface area contributed by atoms with Crippen molar-refractivity contribution in [3.05, 3.63) is 164 Å². The zero-order chi connectivity index (χ0) is 30.9. The molecular weight excluding hydrogens is 591 g/mol. The minimum atomic E-state index is 0.880. The van der Waals surface area contributed by atoms with Crippen LogP contribution in [0.2, 0.25) is 0 Å². The van der Waals surface area contributed by atoms with Gasteiger partial charge in [-0.15, -0.1) is 11.3 Å². The molecule has 2 aromatic heterocycles. The third kappa shape index (κ3) is 4.10. The van der Waals surface area contributed by atoms with Crippen LogP contribution in [-0.4, -0.2) is 0 Å². The molecule has 10 aromatic rings. The van der Waals surface area contributed by atoms with Crippen LogP contribution in [0.5, 0.6) is 0 Å². The van der Waals surface area contributed by atoms with Crippen molar-refractivity contribution < 1.29 is 4.42 Å². The molecule has 0 aliphatic heterocycles. The summed E-state index contributed by atoms with van der Waals surface area (Å²) in [5.41, 5.74) is 7.40. The van der Waals surface area contributed by atoms with Gasteiger partial charge in [-0.2, -0.15) is 0 Å². The predicted octanol–water partition coefficient (Wildman–Crippen LogP) is 13.4. The second-order valence-electron chi connectivity index (χ2n) is 12.1. The quantitative estimate of drug-likeness (QED) is 0.195. The second kappa shape index (κ2) is 10.3. The Morgan fingerprint density at radius 3 is 2.02 bits per heavy atom. The van der Waals surface area contributed by atoms with Crippen LogP contribution in [0.15, 0.2) is 168 Å². The summed E-state index contributed by atoms with van der Waals surface area (Å²) < 4.78 is 9.26. The lowest BCUT2D eigenvalue weighted by atomic mass is 9.98. The summed E-state index contributed by atoms with van der Waals surface area (Å²) in [6.07, 6.45) is 0. The number of para-hydroxylation sites is 2. The molecule has 0 unspecified atom stereocenters. The predicted molar refractivity (Wildman–Crippen MR) is 202 cm³/mol. The Hall–Kier alpha value is -5.90. The molecule has 0 amide bonds. The molecule has 10 rings (SSSR count). The molecule has 0 saturated carbocycles. The minimum Gasteiger partial charge on any atom is -0.454 e. The van der Waals surface area contributed by atoms with E-state index in [2.05, 4.69) is 163 Å². The fourth-order valence-electron chi connectivity index (χ4n) is 7.26. The largest absolute Gasteiger partial charge is 0.454 e. The standard InChI is InChI=1S/C44H27NOS/c1-2-13-32-28(10-1)11-7-16-33(32)29-22-24-31(25-23-29)45(40-19-9-17-36-34-14-3-5-20-41(34)46-44(36)40)39-18-8-12-30-26-43-38(27-37(30)39)35-15-4-6-21-42(35)47-43/h1-27H. The van der Waals surface area contributed by atoms with E-state index in [-0.39, 0.29) is 0 Å². The Morgan fingerprint density at radius 2 is 1.11 bits per heavy atom. The average Bonchev–Trinajstić information content (AvgIpc) is 3.69. The van der Waals surface area contributed by atoms with Crippen LogP contribution in [0.1, 0.15) is 0 Å². The first-order chi connectivity index (χ1) is 23.3. The molecule has 2 nitrogen and oxygen atoms in total. The van der Waals surface area contributed by atoms with Gasteiger partial charge in [0, 0.05) is 42.0 Å². The third-order valence-corrected chi connectivity index (χ3v) is 10.6. The molecule has 0 spiro atoms. The van der Waals surface area contributed by atoms with Gasteiger partial charge in [0.05, 0.1) is 11.4 Å². The van der Waals surface area contributed by atoms with E-state index in [0.29, 0.717) is 0 Å². The fraction of sp³-hybridized carbons (Fsp3) is 0. The van der Waals surface area contributed by atoms with Crippen molar-refractivity contribution in [2.24, 2.45) is 0 Å². The van der Waals surface area contributed by atoms with Crippen LogP contribution in [0, 0.1) is 0 Å². The highest BCUT2D eigenvalue weighted by Crippen LogP contribution is 2.46. The van der Waals surface area contributed by atoms with Crippen molar-refractivity contribution >= 4 is 92.1 Å². The Balaban J connectivity index is 1.23. The molecule has 0 aliphatic carbocycles. The summed E-state index contributed by atoms with van der Waals surface area (Å²) in [4.78, 5) is 2.38. The van der Waals surface area contributed by atoms with Crippen molar-refractivity contribution in [2.75, 3.05) is 4.90 Å². The fourth-order valence-corrected chi connectivity index (χ4v) is 8.39. The minimum absolute atomic E-state index is 0.880. The van der Waals surface area contributed by atoms with Gasteiger partial charge in [-0.1, -0.05) is 115 Å². The van der Waals surface area contributed by atoms with Gasteiger partial charge in [-0.05, 0) is 75.8 Å². The van der Waals surface area contributed by atoms with Gasteiger partial charge in [0.1, 0.15) is 5.58 Å². The summed E-state index contributed by atoms with van der Waals surface area (Å²) >= 11 is 1.86. The number of anilines is 3. The van der Waals surface area contributed by atoms with Crippen molar-refractivity contribution in [2.45, 2.75) is 0 Å². The maximum atomic E-state index is 6.64. The molecule has 0 N–H and O–H groups in total. The summed E-state index contributed by atoms with van der Waals surface area (Å²) in [6.45, 7) is 0. The van der Waals surface area contributed by atoms with Crippen LogP contribution < -0.4 is 4.90 Å². The smallest absolute Gasteiger partial charge is 0.159 e. The molecule has 220 valence electrons. The number of furan rings is 1. The number of hydrogen-bond acceptors (Lipinski definition) is 3. The van der Waals surface area contributed by atoms with Crippen molar-refractivity contribution in [3.63, 3.8) is 0 Å². The third-order valence-electron chi connectivity index (χ3n) is 9.45. The summed E-state index contributed by atoms with van der Waals surface area (Å²) in [5, 5.41) is 9.75. The van der Waals surface area contributed by atoms with E-state index in [1.807, 2.05) is 17.4 Å². The van der Waals surface area contributed by atoms with E-state index < -0.39 is 0 Å². The molecule has 0 aliphatic rings. The Bertz CT molecular complexity index is 2800. The molecule has 0 saturated heterocycles. The maximum absolute atomic E-state index is 6.64. The molecule has 0 bridgehead atoms. The highest BCUT2D eigenvalue weighted by atomic mass is 32.1. The first kappa shape index (κ1) is 26.3. The molecule has 8 aromatic carbocycles. The van der Waals surface area contributed by atoms with Gasteiger partial charge in [-0.25, -0.2) is 0 Å². The Kier molecular flexibility index (Phi) is 5.78. The number of benzene rings is 8. The summed E-state index contributed by atoms with van der Waals surface area (Å²) in [6, 6.07) is 59.0. The van der Waals surface area contributed by atoms with Gasteiger partial charge in [0.15, 0.2) is 5.58 Å². The van der Waals surface area contributed by atoms with Crippen LogP contribution in [0.4, 0.5) is 17.1 Å². The lowest BCUT2D eigenvalue weighted by Crippen LogP contribution is -2.10. The van der Waals surface area contributed by atoms with E-state index in [1.165, 1.54) is 52.8 Å². The molecule has 0 radical (unpaired) electrons. The zero-order valence-corrected chi connectivity index (χ0v) is 26.2.